The molecule has 2 heterocycles. The fourth-order valence-electron chi connectivity index (χ4n) is 3.65. The topological polar surface area (TPSA) is 68.2 Å². The average molecular weight is 465 g/mol. The first-order valence-corrected chi connectivity index (χ1v) is 10.2. The van der Waals surface area contributed by atoms with Crippen LogP contribution in [0.5, 0.6) is 5.75 Å². The number of alkyl halides is 3. The first-order chi connectivity index (χ1) is 15.2. The van der Waals surface area contributed by atoms with Gasteiger partial charge in [-0.05, 0) is 42.3 Å². The quantitative estimate of drug-likeness (QED) is 0.514. The first-order valence-electron chi connectivity index (χ1n) is 9.80. The Bertz CT molecular complexity index is 1150. The lowest BCUT2D eigenvalue weighted by Crippen LogP contribution is -2.35. The number of hydrogen-bond acceptors (Lipinski definition) is 4. The Morgan fingerprint density at radius 1 is 1.22 bits per heavy atom. The lowest BCUT2D eigenvalue weighted by molar-refractivity contribution is -0.173. The zero-order valence-corrected chi connectivity index (χ0v) is 18.0. The molecule has 0 aliphatic carbocycles. The highest BCUT2D eigenvalue weighted by Crippen LogP contribution is 2.43. The van der Waals surface area contributed by atoms with Crippen molar-refractivity contribution in [1.82, 2.24) is 9.78 Å². The molecule has 168 valence electrons. The first kappa shape index (κ1) is 22.0. The third-order valence-corrected chi connectivity index (χ3v) is 5.62. The summed E-state index contributed by atoms with van der Waals surface area (Å²) in [5.74, 6) is 0.102. The van der Waals surface area contributed by atoms with E-state index in [0.29, 0.717) is 22.0 Å². The SMILES string of the molecule is COc1ccc([C@H]2C[C@H](C(F)(F)F)n3nc(C(=O)Nc4cc(Cl)ccc4C)cc3N2)cc1. The summed E-state index contributed by atoms with van der Waals surface area (Å²) in [5.41, 5.74) is 1.77. The van der Waals surface area contributed by atoms with E-state index < -0.39 is 24.2 Å². The molecule has 0 saturated carbocycles. The van der Waals surface area contributed by atoms with Crippen molar-refractivity contribution < 1.29 is 22.7 Å². The molecule has 0 saturated heterocycles. The van der Waals surface area contributed by atoms with Crippen LogP contribution < -0.4 is 15.4 Å². The molecule has 6 nitrogen and oxygen atoms in total. The molecule has 2 aromatic carbocycles. The summed E-state index contributed by atoms with van der Waals surface area (Å²) in [6, 6.07) is 10.6. The summed E-state index contributed by atoms with van der Waals surface area (Å²) >= 11 is 5.98. The zero-order chi connectivity index (χ0) is 23.0. The van der Waals surface area contributed by atoms with Crippen LogP contribution in [0.1, 0.15) is 40.1 Å². The monoisotopic (exact) mass is 464 g/mol. The number of ether oxygens (including phenoxy) is 1. The van der Waals surface area contributed by atoms with Gasteiger partial charge < -0.3 is 15.4 Å². The number of halogens is 4. The van der Waals surface area contributed by atoms with Crippen LogP contribution in [0.4, 0.5) is 24.7 Å². The van der Waals surface area contributed by atoms with Gasteiger partial charge in [-0.1, -0.05) is 29.8 Å². The highest BCUT2D eigenvalue weighted by molar-refractivity contribution is 6.31. The third-order valence-electron chi connectivity index (χ3n) is 5.39. The zero-order valence-electron chi connectivity index (χ0n) is 17.2. The molecule has 4 rings (SSSR count). The number of aryl methyl sites for hydroxylation is 1. The van der Waals surface area contributed by atoms with E-state index in [2.05, 4.69) is 15.7 Å². The van der Waals surface area contributed by atoms with E-state index in [-0.39, 0.29) is 17.9 Å². The van der Waals surface area contributed by atoms with Gasteiger partial charge in [-0.15, -0.1) is 0 Å². The molecule has 0 radical (unpaired) electrons. The standard InChI is InChI=1S/C22H20ClF3N4O2/c1-12-3-6-14(23)9-16(12)28-21(31)18-11-20-27-17(13-4-7-15(32-2)8-5-13)10-19(22(24,25)26)30(20)29-18/h3-9,11,17,19,27H,10H2,1-2H3,(H,28,31)/t17-,19-/m1/s1. The van der Waals surface area contributed by atoms with Gasteiger partial charge in [0.1, 0.15) is 11.6 Å². The summed E-state index contributed by atoms with van der Waals surface area (Å²) in [7, 11) is 1.52. The second-order valence-electron chi connectivity index (χ2n) is 7.54. The van der Waals surface area contributed by atoms with E-state index in [0.717, 1.165) is 10.2 Å². The second kappa shape index (κ2) is 8.38. The van der Waals surface area contributed by atoms with E-state index in [1.54, 1.807) is 49.4 Å². The average Bonchev–Trinajstić information content (AvgIpc) is 3.19. The number of fused-ring (bicyclic) bond motifs is 1. The molecule has 2 N–H and O–H groups in total. The Kier molecular flexibility index (Phi) is 5.77. The number of rotatable bonds is 4. The maximum atomic E-state index is 13.9. The fraction of sp³-hybridized carbons (Fsp3) is 0.273. The number of benzene rings is 2. The minimum atomic E-state index is -4.54. The number of methoxy groups -OCH3 is 1. The maximum Gasteiger partial charge on any atom is 0.410 e. The fourth-order valence-corrected chi connectivity index (χ4v) is 3.83. The largest absolute Gasteiger partial charge is 0.497 e. The predicted octanol–water partition coefficient (Wildman–Crippen LogP) is 5.77. The molecule has 1 aliphatic heterocycles. The van der Waals surface area contributed by atoms with E-state index in [1.807, 2.05) is 0 Å². The van der Waals surface area contributed by atoms with Gasteiger partial charge in [0.15, 0.2) is 11.7 Å². The Labute approximate surface area is 187 Å². The molecule has 0 spiro atoms. The minimum Gasteiger partial charge on any atom is -0.497 e. The molecular weight excluding hydrogens is 445 g/mol. The van der Waals surface area contributed by atoms with Gasteiger partial charge in [-0.3, -0.25) is 4.79 Å². The number of aromatic nitrogens is 2. The van der Waals surface area contributed by atoms with E-state index in [9.17, 15) is 18.0 Å². The summed E-state index contributed by atoms with van der Waals surface area (Å²) in [5, 5.41) is 10.1. The van der Waals surface area contributed by atoms with Crippen molar-refractivity contribution in [3.8, 4) is 5.75 Å². The Balaban J connectivity index is 1.64. The third kappa shape index (κ3) is 4.38. The van der Waals surface area contributed by atoms with E-state index in [4.69, 9.17) is 16.3 Å². The Morgan fingerprint density at radius 2 is 1.94 bits per heavy atom. The minimum absolute atomic E-state index is 0.118. The van der Waals surface area contributed by atoms with Crippen LogP contribution in [0.15, 0.2) is 48.5 Å². The van der Waals surface area contributed by atoms with Gasteiger partial charge in [0.25, 0.3) is 5.91 Å². The van der Waals surface area contributed by atoms with Crippen LogP contribution in [0.25, 0.3) is 0 Å². The molecule has 2 atom stereocenters. The molecule has 10 heteroatoms. The van der Waals surface area contributed by atoms with Crippen molar-refractivity contribution in [3.05, 3.63) is 70.4 Å². The van der Waals surface area contributed by atoms with Crippen molar-refractivity contribution in [2.24, 2.45) is 0 Å². The number of carbonyl (C=O) groups is 1. The van der Waals surface area contributed by atoms with Gasteiger partial charge >= 0.3 is 6.18 Å². The lowest BCUT2D eigenvalue weighted by Gasteiger charge is -2.33. The van der Waals surface area contributed by atoms with Crippen LogP contribution in [0.2, 0.25) is 5.02 Å². The van der Waals surface area contributed by atoms with Gasteiger partial charge in [-0.25, -0.2) is 4.68 Å². The highest BCUT2D eigenvalue weighted by Gasteiger charge is 2.46. The number of hydrogen-bond donors (Lipinski definition) is 2. The molecule has 0 unspecified atom stereocenters. The molecule has 1 amide bonds. The van der Waals surface area contributed by atoms with Gasteiger partial charge in [0, 0.05) is 23.2 Å². The number of amides is 1. The number of carbonyl (C=O) groups excluding carboxylic acids is 1. The van der Waals surface area contributed by atoms with Crippen LogP contribution in [-0.4, -0.2) is 29.0 Å². The number of nitrogens with one attached hydrogen (secondary N) is 2. The molecule has 1 aliphatic rings. The van der Waals surface area contributed by atoms with Crippen LogP contribution in [0, 0.1) is 6.92 Å². The van der Waals surface area contributed by atoms with E-state index in [1.165, 1.54) is 13.2 Å². The van der Waals surface area contributed by atoms with E-state index >= 15 is 0 Å². The van der Waals surface area contributed by atoms with Gasteiger partial charge in [0.05, 0.1) is 13.2 Å². The Morgan fingerprint density at radius 3 is 2.59 bits per heavy atom. The number of nitrogens with zero attached hydrogens (tertiary/aromatic N) is 2. The van der Waals surface area contributed by atoms with Crippen molar-refractivity contribution in [2.75, 3.05) is 17.7 Å². The van der Waals surface area contributed by atoms with Crippen molar-refractivity contribution >= 4 is 29.0 Å². The van der Waals surface area contributed by atoms with Crippen LogP contribution in [-0.2, 0) is 0 Å². The molecule has 0 bridgehead atoms. The molecule has 1 aromatic heterocycles. The maximum absolute atomic E-state index is 13.9. The van der Waals surface area contributed by atoms with Crippen molar-refractivity contribution in [1.29, 1.82) is 0 Å². The highest BCUT2D eigenvalue weighted by atomic mass is 35.5. The summed E-state index contributed by atoms with van der Waals surface area (Å²) < 4.78 is 47.5. The van der Waals surface area contributed by atoms with Gasteiger partial charge in [-0.2, -0.15) is 18.3 Å². The van der Waals surface area contributed by atoms with Crippen LogP contribution in [0.3, 0.4) is 0 Å². The van der Waals surface area contributed by atoms with Crippen LogP contribution >= 0.6 is 11.6 Å². The summed E-state index contributed by atoms with van der Waals surface area (Å²) in [6.07, 6.45) is -4.80. The summed E-state index contributed by atoms with van der Waals surface area (Å²) in [4.78, 5) is 12.7. The summed E-state index contributed by atoms with van der Waals surface area (Å²) in [6.45, 7) is 1.78. The molecule has 32 heavy (non-hydrogen) atoms. The molecular formula is C22H20ClF3N4O2. The normalized spacial score (nSPS) is 17.9. The molecule has 3 aromatic rings. The second-order valence-corrected chi connectivity index (χ2v) is 7.97. The molecule has 0 fully saturated rings. The van der Waals surface area contributed by atoms with Crippen molar-refractivity contribution in [2.45, 2.75) is 31.6 Å². The lowest BCUT2D eigenvalue weighted by atomic mass is 9.97. The predicted molar refractivity (Wildman–Crippen MR) is 115 cm³/mol. The smallest absolute Gasteiger partial charge is 0.410 e. The van der Waals surface area contributed by atoms with Gasteiger partial charge in [0.2, 0.25) is 0 Å². The number of anilines is 2. The van der Waals surface area contributed by atoms with Crippen molar-refractivity contribution in [3.63, 3.8) is 0 Å². The Hall–Kier alpha value is -3.20.